The number of aromatic hydroxyl groups is 2. The predicted molar refractivity (Wildman–Crippen MR) is 87.7 cm³/mol. The maximum absolute atomic E-state index is 12.2. The summed E-state index contributed by atoms with van der Waals surface area (Å²) >= 11 is 11.8. The first-order valence-corrected chi connectivity index (χ1v) is 7.39. The molecular formula is C16H15Cl2NO3. The van der Waals surface area contributed by atoms with Gasteiger partial charge in [-0.05, 0) is 42.3 Å². The molecule has 2 aromatic carbocycles. The van der Waals surface area contributed by atoms with Crippen molar-refractivity contribution in [3.05, 3.63) is 52.0 Å². The van der Waals surface area contributed by atoms with Crippen LogP contribution in [0.2, 0.25) is 10.0 Å². The molecule has 0 radical (unpaired) electrons. The highest BCUT2D eigenvalue weighted by Gasteiger charge is 2.16. The van der Waals surface area contributed by atoms with Crippen molar-refractivity contribution in [2.24, 2.45) is 5.92 Å². The number of carbonyl (C=O) groups excluding carboxylic acids is 1. The molecule has 0 spiro atoms. The SMILES string of the molecule is CC(Cc1ccc(O)c(O)c1)C(=O)Nc1ccc(Cl)cc1Cl. The molecule has 4 nitrogen and oxygen atoms in total. The Bertz CT molecular complexity index is 704. The molecule has 116 valence electrons. The molecule has 1 amide bonds. The Morgan fingerprint density at radius 3 is 2.50 bits per heavy atom. The van der Waals surface area contributed by atoms with Crippen LogP contribution < -0.4 is 5.32 Å². The number of nitrogens with one attached hydrogen (secondary N) is 1. The van der Waals surface area contributed by atoms with Crippen LogP contribution in [0.15, 0.2) is 36.4 Å². The number of hydrogen-bond acceptors (Lipinski definition) is 3. The van der Waals surface area contributed by atoms with Gasteiger partial charge >= 0.3 is 0 Å². The van der Waals surface area contributed by atoms with Crippen molar-refractivity contribution < 1.29 is 15.0 Å². The lowest BCUT2D eigenvalue weighted by molar-refractivity contribution is -0.119. The minimum atomic E-state index is -0.337. The van der Waals surface area contributed by atoms with Gasteiger partial charge in [0.05, 0.1) is 10.7 Å². The lowest BCUT2D eigenvalue weighted by atomic mass is 10.00. The van der Waals surface area contributed by atoms with Gasteiger partial charge in [-0.2, -0.15) is 0 Å². The van der Waals surface area contributed by atoms with E-state index in [0.717, 1.165) is 5.56 Å². The number of carbonyl (C=O) groups is 1. The van der Waals surface area contributed by atoms with Crippen molar-refractivity contribution in [1.82, 2.24) is 0 Å². The Kier molecular flexibility index (Phi) is 5.16. The Morgan fingerprint density at radius 2 is 1.86 bits per heavy atom. The molecule has 1 unspecified atom stereocenters. The number of phenolic OH excluding ortho intramolecular Hbond substituents is 2. The number of rotatable bonds is 4. The number of phenols is 2. The third kappa shape index (κ3) is 4.06. The standard InChI is InChI=1S/C16H15Cl2NO3/c1-9(6-10-2-5-14(20)15(21)7-10)16(22)19-13-4-3-11(17)8-12(13)18/h2-5,7-9,20-21H,6H2,1H3,(H,19,22). The summed E-state index contributed by atoms with van der Waals surface area (Å²) in [5, 5.41) is 22.4. The molecule has 6 heteroatoms. The summed E-state index contributed by atoms with van der Waals surface area (Å²) in [7, 11) is 0. The number of halogens is 2. The van der Waals surface area contributed by atoms with E-state index in [9.17, 15) is 15.0 Å². The van der Waals surface area contributed by atoms with Crippen molar-refractivity contribution in [1.29, 1.82) is 0 Å². The van der Waals surface area contributed by atoms with E-state index in [0.29, 0.717) is 22.2 Å². The first-order valence-electron chi connectivity index (χ1n) is 6.63. The zero-order valence-corrected chi connectivity index (χ0v) is 13.3. The van der Waals surface area contributed by atoms with Crippen LogP contribution in [0.4, 0.5) is 5.69 Å². The average Bonchev–Trinajstić information content (AvgIpc) is 2.45. The van der Waals surface area contributed by atoms with Gasteiger partial charge in [-0.15, -0.1) is 0 Å². The number of amides is 1. The highest BCUT2D eigenvalue weighted by atomic mass is 35.5. The summed E-state index contributed by atoms with van der Waals surface area (Å²) in [6.07, 6.45) is 0.422. The molecule has 0 saturated heterocycles. The fourth-order valence-electron chi connectivity index (χ4n) is 1.99. The second-order valence-corrected chi connectivity index (χ2v) is 5.89. The van der Waals surface area contributed by atoms with Crippen molar-refractivity contribution in [2.75, 3.05) is 5.32 Å². The van der Waals surface area contributed by atoms with Crippen molar-refractivity contribution in [3.8, 4) is 11.5 Å². The average molecular weight is 340 g/mol. The smallest absolute Gasteiger partial charge is 0.227 e. The minimum absolute atomic E-state index is 0.186. The van der Waals surface area contributed by atoms with Crippen LogP contribution in [-0.4, -0.2) is 16.1 Å². The van der Waals surface area contributed by atoms with Gasteiger partial charge in [0, 0.05) is 10.9 Å². The van der Waals surface area contributed by atoms with E-state index >= 15 is 0 Å². The molecule has 0 bridgehead atoms. The van der Waals surface area contributed by atoms with E-state index in [1.54, 1.807) is 31.2 Å². The molecule has 0 aromatic heterocycles. The maximum Gasteiger partial charge on any atom is 0.227 e. The molecule has 0 aliphatic heterocycles. The largest absolute Gasteiger partial charge is 0.504 e. The Hall–Kier alpha value is -1.91. The van der Waals surface area contributed by atoms with Crippen molar-refractivity contribution in [3.63, 3.8) is 0 Å². The Labute approximate surface area is 138 Å². The Balaban J connectivity index is 2.04. The maximum atomic E-state index is 12.2. The number of benzene rings is 2. The minimum Gasteiger partial charge on any atom is -0.504 e. The van der Waals surface area contributed by atoms with Crippen LogP contribution in [0.3, 0.4) is 0 Å². The molecule has 2 rings (SSSR count). The quantitative estimate of drug-likeness (QED) is 0.730. The second-order valence-electron chi connectivity index (χ2n) is 5.04. The zero-order chi connectivity index (χ0) is 16.3. The number of hydrogen-bond donors (Lipinski definition) is 3. The molecule has 0 aliphatic carbocycles. The van der Waals surface area contributed by atoms with Crippen molar-refractivity contribution >= 4 is 34.8 Å². The van der Waals surface area contributed by atoms with E-state index in [1.165, 1.54) is 12.1 Å². The summed E-state index contributed by atoms with van der Waals surface area (Å²) in [5.41, 5.74) is 1.25. The van der Waals surface area contributed by atoms with E-state index < -0.39 is 0 Å². The van der Waals surface area contributed by atoms with Gasteiger partial charge in [-0.1, -0.05) is 36.2 Å². The van der Waals surface area contributed by atoms with Gasteiger partial charge in [0.1, 0.15) is 0 Å². The summed E-state index contributed by atoms with van der Waals surface area (Å²) in [4.78, 5) is 12.2. The van der Waals surface area contributed by atoms with Crippen LogP contribution in [0.1, 0.15) is 12.5 Å². The first kappa shape index (κ1) is 16.5. The lowest BCUT2D eigenvalue weighted by Crippen LogP contribution is -2.22. The first-order chi connectivity index (χ1) is 10.4. The van der Waals surface area contributed by atoms with Gasteiger partial charge < -0.3 is 15.5 Å². The normalized spacial score (nSPS) is 12.0. The molecule has 0 fully saturated rings. The summed E-state index contributed by atoms with van der Waals surface area (Å²) in [6, 6.07) is 9.34. The molecule has 22 heavy (non-hydrogen) atoms. The van der Waals surface area contributed by atoms with E-state index in [2.05, 4.69) is 5.32 Å². The van der Waals surface area contributed by atoms with Crippen LogP contribution in [-0.2, 0) is 11.2 Å². The van der Waals surface area contributed by atoms with E-state index in [1.807, 2.05) is 0 Å². The van der Waals surface area contributed by atoms with E-state index in [-0.39, 0.29) is 23.3 Å². The fraction of sp³-hybridized carbons (Fsp3) is 0.188. The monoisotopic (exact) mass is 339 g/mol. The summed E-state index contributed by atoms with van der Waals surface area (Å²) in [6.45, 7) is 1.77. The van der Waals surface area contributed by atoms with Crippen molar-refractivity contribution in [2.45, 2.75) is 13.3 Å². The van der Waals surface area contributed by atoms with Gasteiger partial charge in [0.15, 0.2) is 11.5 Å². The third-order valence-corrected chi connectivity index (χ3v) is 3.77. The molecule has 3 N–H and O–H groups in total. The van der Waals surface area contributed by atoms with Crippen LogP contribution in [0.5, 0.6) is 11.5 Å². The topological polar surface area (TPSA) is 69.6 Å². The molecule has 2 aromatic rings. The molecule has 0 heterocycles. The predicted octanol–water partition coefficient (Wildman–Crippen LogP) is 4.22. The molecule has 0 saturated carbocycles. The second kappa shape index (κ2) is 6.90. The fourth-order valence-corrected chi connectivity index (χ4v) is 2.44. The van der Waals surface area contributed by atoms with E-state index in [4.69, 9.17) is 23.2 Å². The van der Waals surface area contributed by atoms with Crippen LogP contribution >= 0.6 is 23.2 Å². The summed E-state index contributed by atoms with van der Waals surface area (Å²) < 4.78 is 0. The molecular weight excluding hydrogens is 325 g/mol. The summed E-state index contributed by atoms with van der Waals surface area (Å²) in [5.74, 6) is -0.924. The number of anilines is 1. The third-order valence-electron chi connectivity index (χ3n) is 3.22. The molecule has 1 atom stereocenters. The van der Waals surface area contributed by atoms with Crippen LogP contribution in [0, 0.1) is 5.92 Å². The van der Waals surface area contributed by atoms with Crippen LogP contribution in [0.25, 0.3) is 0 Å². The highest BCUT2D eigenvalue weighted by Crippen LogP contribution is 2.28. The Morgan fingerprint density at radius 1 is 1.14 bits per heavy atom. The van der Waals surface area contributed by atoms with Gasteiger partial charge in [0.2, 0.25) is 5.91 Å². The zero-order valence-electron chi connectivity index (χ0n) is 11.8. The molecule has 0 aliphatic rings. The lowest BCUT2D eigenvalue weighted by Gasteiger charge is -2.13. The highest BCUT2D eigenvalue weighted by molar-refractivity contribution is 6.36. The van der Waals surface area contributed by atoms with Gasteiger partial charge in [0.25, 0.3) is 0 Å². The van der Waals surface area contributed by atoms with Gasteiger partial charge in [-0.3, -0.25) is 4.79 Å². The van der Waals surface area contributed by atoms with Gasteiger partial charge in [-0.25, -0.2) is 0 Å².